The van der Waals surface area contributed by atoms with Crippen LogP contribution in [-0.2, 0) is 0 Å². The monoisotopic (exact) mass is 324 g/mol. The van der Waals surface area contributed by atoms with Crippen molar-refractivity contribution < 1.29 is 13.6 Å². The van der Waals surface area contributed by atoms with Crippen LogP contribution in [0, 0.1) is 5.82 Å². The van der Waals surface area contributed by atoms with Gasteiger partial charge in [0.05, 0.1) is 7.11 Å². The van der Waals surface area contributed by atoms with Crippen LogP contribution in [0.3, 0.4) is 0 Å². The van der Waals surface area contributed by atoms with Crippen molar-refractivity contribution in [2.75, 3.05) is 7.11 Å². The van der Waals surface area contributed by atoms with Crippen molar-refractivity contribution in [3.63, 3.8) is 0 Å². The van der Waals surface area contributed by atoms with E-state index in [4.69, 9.17) is 9.16 Å². The van der Waals surface area contributed by atoms with E-state index in [0.29, 0.717) is 11.5 Å². The van der Waals surface area contributed by atoms with Crippen molar-refractivity contribution in [3.8, 4) is 11.5 Å². The molecular weight excluding hydrogens is 307 g/mol. The maximum absolute atomic E-state index is 13.4. The second-order valence-corrected chi connectivity index (χ2v) is 7.44. The Hall–Kier alpha value is -2.59. The van der Waals surface area contributed by atoms with E-state index in [0.717, 1.165) is 10.4 Å². The van der Waals surface area contributed by atoms with E-state index in [1.54, 1.807) is 6.07 Å². The Morgan fingerprint density at radius 1 is 0.739 bits per heavy atom. The number of methoxy groups -OCH3 is 1. The number of benzene rings is 3. The van der Waals surface area contributed by atoms with Crippen molar-refractivity contribution in [3.05, 3.63) is 84.7 Å². The summed E-state index contributed by atoms with van der Waals surface area (Å²) in [6, 6.07) is 24.6. The molecule has 4 heteroatoms. The highest BCUT2D eigenvalue weighted by atomic mass is 28.3. The summed E-state index contributed by atoms with van der Waals surface area (Å²) in [5.74, 6) is 0.638. The Bertz CT molecular complexity index is 723. The first-order chi connectivity index (χ1) is 11.3. The molecule has 23 heavy (non-hydrogen) atoms. The molecule has 0 bridgehead atoms. The number of hydrogen-bond donors (Lipinski definition) is 0. The van der Waals surface area contributed by atoms with Gasteiger partial charge in [-0.15, -0.1) is 0 Å². The zero-order chi connectivity index (χ0) is 16.1. The van der Waals surface area contributed by atoms with Crippen molar-refractivity contribution in [2.24, 2.45) is 0 Å². The Morgan fingerprint density at radius 3 is 1.83 bits per heavy atom. The molecular formula is C19H17FO2Si. The third-order valence-corrected chi connectivity index (χ3v) is 6.05. The average Bonchev–Trinajstić information content (AvgIpc) is 2.62. The maximum Gasteiger partial charge on any atom is 0.299 e. The molecule has 0 saturated heterocycles. The van der Waals surface area contributed by atoms with Crippen LogP contribution in [-0.4, -0.2) is 16.2 Å². The van der Waals surface area contributed by atoms with Gasteiger partial charge < -0.3 is 9.16 Å². The molecule has 2 nitrogen and oxygen atoms in total. The number of rotatable bonds is 5. The molecule has 0 aliphatic heterocycles. The molecule has 0 heterocycles. The lowest BCUT2D eigenvalue weighted by Crippen LogP contribution is -2.47. The van der Waals surface area contributed by atoms with Gasteiger partial charge in [-0.1, -0.05) is 60.7 Å². The quantitative estimate of drug-likeness (QED) is 0.672. The average molecular weight is 324 g/mol. The van der Waals surface area contributed by atoms with Gasteiger partial charge in [0.1, 0.15) is 11.6 Å². The van der Waals surface area contributed by atoms with Crippen LogP contribution in [0.15, 0.2) is 78.9 Å². The van der Waals surface area contributed by atoms with Gasteiger partial charge in [-0.25, -0.2) is 4.39 Å². The minimum absolute atomic E-state index is 0.341. The summed E-state index contributed by atoms with van der Waals surface area (Å²) < 4.78 is 25.0. The van der Waals surface area contributed by atoms with Gasteiger partial charge in [0.2, 0.25) is 0 Å². The molecule has 3 rings (SSSR count). The second kappa shape index (κ2) is 7.11. The summed E-state index contributed by atoms with van der Waals surface area (Å²) in [6.45, 7) is 0. The molecule has 0 unspecified atom stereocenters. The summed E-state index contributed by atoms with van der Waals surface area (Å²) >= 11 is 0. The van der Waals surface area contributed by atoms with Crippen molar-refractivity contribution >= 4 is 19.4 Å². The van der Waals surface area contributed by atoms with Crippen LogP contribution in [0.4, 0.5) is 4.39 Å². The first kappa shape index (κ1) is 15.3. The highest BCUT2D eigenvalue weighted by Crippen LogP contribution is 2.27. The summed E-state index contributed by atoms with van der Waals surface area (Å²) in [5, 5.41) is 2.31. The van der Waals surface area contributed by atoms with Crippen LogP contribution in [0.2, 0.25) is 0 Å². The van der Waals surface area contributed by atoms with Gasteiger partial charge in [-0.2, -0.15) is 0 Å². The van der Waals surface area contributed by atoms with Gasteiger partial charge in [0, 0.05) is 6.07 Å². The lowest BCUT2D eigenvalue weighted by atomic mass is 10.3. The fraction of sp³-hybridized carbons (Fsp3) is 0.0526. The van der Waals surface area contributed by atoms with Crippen molar-refractivity contribution in [1.82, 2.24) is 0 Å². The molecule has 0 N–H and O–H groups in total. The highest BCUT2D eigenvalue weighted by molar-refractivity contribution is 6.80. The molecule has 0 spiro atoms. The van der Waals surface area contributed by atoms with E-state index in [2.05, 4.69) is 24.3 Å². The van der Waals surface area contributed by atoms with E-state index < -0.39 is 9.04 Å². The molecule has 0 aromatic heterocycles. The van der Waals surface area contributed by atoms with E-state index in [-0.39, 0.29) is 5.82 Å². The Kier molecular flexibility index (Phi) is 4.73. The minimum Gasteiger partial charge on any atom is -0.535 e. The summed E-state index contributed by atoms with van der Waals surface area (Å²) in [6.07, 6.45) is 0. The van der Waals surface area contributed by atoms with Gasteiger partial charge >= 0.3 is 0 Å². The number of halogens is 1. The third-order valence-electron chi connectivity index (χ3n) is 3.58. The van der Waals surface area contributed by atoms with Crippen LogP contribution in [0.25, 0.3) is 0 Å². The molecule has 0 amide bonds. The summed E-state index contributed by atoms with van der Waals surface area (Å²) in [5.41, 5.74) is 0. The fourth-order valence-corrected chi connectivity index (χ4v) is 4.70. The topological polar surface area (TPSA) is 18.5 Å². The predicted octanol–water partition coefficient (Wildman–Crippen LogP) is 2.75. The summed E-state index contributed by atoms with van der Waals surface area (Å²) in [4.78, 5) is 0. The molecule has 0 atom stereocenters. The highest BCUT2D eigenvalue weighted by Gasteiger charge is 2.21. The second-order valence-electron chi connectivity index (χ2n) is 5.11. The maximum atomic E-state index is 13.4. The van der Waals surface area contributed by atoms with E-state index in [1.807, 2.05) is 36.4 Å². The smallest absolute Gasteiger partial charge is 0.299 e. The standard InChI is InChI=1S/C19H17FO2Si/c1-21-19-14-15(20)12-13-18(19)22-23(16-8-4-2-5-9-16)17-10-6-3-7-11-17/h2-14,23H,1H3. The third kappa shape index (κ3) is 3.60. The van der Waals surface area contributed by atoms with Crippen molar-refractivity contribution in [1.29, 1.82) is 0 Å². The first-order valence-corrected chi connectivity index (χ1v) is 9.00. The molecule has 3 aromatic carbocycles. The number of hydrogen-bond acceptors (Lipinski definition) is 2. The van der Waals surface area contributed by atoms with Gasteiger partial charge in [0.15, 0.2) is 5.75 Å². The van der Waals surface area contributed by atoms with Crippen LogP contribution in [0.1, 0.15) is 0 Å². The van der Waals surface area contributed by atoms with Gasteiger partial charge in [-0.3, -0.25) is 0 Å². The zero-order valence-electron chi connectivity index (χ0n) is 12.8. The largest absolute Gasteiger partial charge is 0.535 e. The zero-order valence-corrected chi connectivity index (χ0v) is 13.9. The van der Waals surface area contributed by atoms with Crippen molar-refractivity contribution in [2.45, 2.75) is 0 Å². The first-order valence-electron chi connectivity index (χ1n) is 7.38. The Labute approximate surface area is 136 Å². The Balaban J connectivity index is 2.00. The number of ether oxygens (including phenoxy) is 1. The Morgan fingerprint density at radius 2 is 1.30 bits per heavy atom. The summed E-state index contributed by atoms with van der Waals surface area (Å²) in [7, 11) is -0.420. The molecule has 0 fully saturated rings. The minimum atomic E-state index is -1.94. The van der Waals surface area contributed by atoms with E-state index in [9.17, 15) is 4.39 Å². The van der Waals surface area contributed by atoms with E-state index in [1.165, 1.54) is 19.2 Å². The normalized spacial score (nSPS) is 10.6. The van der Waals surface area contributed by atoms with E-state index >= 15 is 0 Å². The predicted molar refractivity (Wildman–Crippen MR) is 92.9 cm³/mol. The van der Waals surface area contributed by atoms with Gasteiger partial charge in [0.25, 0.3) is 9.04 Å². The lowest BCUT2D eigenvalue weighted by molar-refractivity contribution is 0.392. The molecule has 0 aliphatic rings. The molecule has 0 radical (unpaired) electrons. The van der Waals surface area contributed by atoms with Crippen LogP contribution >= 0.6 is 0 Å². The van der Waals surface area contributed by atoms with Crippen LogP contribution < -0.4 is 19.5 Å². The molecule has 116 valence electrons. The van der Waals surface area contributed by atoms with Gasteiger partial charge in [-0.05, 0) is 22.5 Å². The fourth-order valence-electron chi connectivity index (χ4n) is 2.45. The molecule has 0 aliphatic carbocycles. The molecule has 0 saturated carbocycles. The molecule has 3 aromatic rings. The van der Waals surface area contributed by atoms with Crippen LogP contribution in [0.5, 0.6) is 11.5 Å². The lowest BCUT2D eigenvalue weighted by Gasteiger charge is -2.20. The SMILES string of the molecule is COc1cc(F)ccc1O[SiH](c1ccccc1)c1ccccc1.